The highest BCUT2D eigenvalue weighted by Gasteiger charge is 2.53. The van der Waals surface area contributed by atoms with Gasteiger partial charge in [0.05, 0.1) is 28.0 Å². The number of piperazine rings is 1. The molecule has 11 heteroatoms. The smallest absolute Gasteiger partial charge is 0.410 e. The number of hydrogen-bond acceptors (Lipinski definition) is 6. The third-order valence-corrected chi connectivity index (χ3v) is 7.75. The van der Waals surface area contributed by atoms with Crippen LogP contribution >= 0.6 is 39.1 Å². The Hall–Kier alpha value is -1.58. The number of benzene rings is 1. The van der Waals surface area contributed by atoms with Gasteiger partial charge < -0.3 is 14.4 Å². The van der Waals surface area contributed by atoms with E-state index in [1.165, 1.54) is 0 Å². The van der Waals surface area contributed by atoms with Gasteiger partial charge in [0.1, 0.15) is 28.1 Å². The molecule has 0 saturated carbocycles. The van der Waals surface area contributed by atoms with E-state index in [0.29, 0.717) is 23.5 Å². The number of anilines is 1. The van der Waals surface area contributed by atoms with Gasteiger partial charge in [0, 0.05) is 6.54 Å². The average molecular weight is 548 g/mol. The molecule has 0 aliphatic carbocycles. The maximum absolute atomic E-state index is 15.1. The number of aromatic nitrogens is 2. The van der Waals surface area contributed by atoms with E-state index in [4.69, 9.17) is 32.7 Å². The minimum Gasteiger partial charge on any atom is -0.486 e. The minimum atomic E-state index is -0.621. The molecule has 1 aromatic carbocycles. The van der Waals surface area contributed by atoms with Gasteiger partial charge >= 0.3 is 6.09 Å². The molecule has 4 atom stereocenters. The molecule has 32 heavy (non-hydrogen) atoms. The number of carbonyl (C=O) groups excluding carboxylic acids is 1. The van der Waals surface area contributed by atoms with Crippen LogP contribution in [0.5, 0.6) is 5.75 Å². The van der Waals surface area contributed by atoms with Crippen LogP contribution in [-0.4, -0.2) is 57.3 Å². The van der Waals surface area contributed by atoms with Crippen LogP contribution in [0, 0.1) is 5.82 Å². The standard InChI is InChI=1S/C21H22BrCl2FN4O3/c1-8-16-10-6-5-9(29(10)20(30)32-21(2,3)4)7-28(16)18-11-15(26-19(24)27-18)14(25)12(22)13(23)17(11)31-8/h8-10,16H,5-7H2,1-4H3/t8-,9+,10-,16+/m0/s1. The molecule has 3 aliphatic rings. The van der Waals surface area contributed by atoms with Gasteiger partial charge in [-0.1, -0.05) is 11.6 Å². The van der Waals surface area contributed by atoms with Crippen LogP contribution in [-0.2, 0) is 4.74 Å². The van der Waals surface area contributed by atoms with E-state index in [1.54, 1.807) is 0 Å². The number of carbonyl (C=O) groups is 1. The fraction of sp³-hybridized carbons (Fsp3) is 0.571. The molecular formula is C21H22BrCl2FN4O3. The molecular weight excluding hydrogens is 526 g/mol. The topological polar surface area (TPSA) is 67.8 Å². The second-order valence-electron chi connectivity index (χ2n) is 9.46. The zero-order chi connectivity index (χ0) is 23.1. The van der Waals surface area contributed by atoms with Crippen LogP contribution in [0.3, 0.4) is 0 Å². The first-order chi connectivity index (χ1) is 15.0. The maximum atomic E-state index is 15.1. The number of fused-ring (bicyclic) bond motifs is 5. The molecule has 2 aromatic rings. The molecule has 0 N–H and O–H groups in total. The molecule has 1 amide bonds. The van der Waals surface area contributed by atoms with E-state index < -0.39 is 11.4 Å². The highest BCUT2D eigenvalue weighted by atomic mass is 79.9. The fourth-order valence-electron chi connectivity index (χ4n) is 5.15. The summed E-state index contributed by atoms with van der Waals surface area (Å²) in [7, 11) is 0. The van der Waals surface area contributed by atoms with Crippen molar-refractivity contribution in [2.75, 3.05) is 11.4 Å². The molecule has 172 valence electrons. The summed E-state index contributed by atoms with van der Waals surface area (Å²) in [5.74, 6) is 0.158. The largest absolute Gasteiger partial charge is 0.486 e. The molecule has 4 heterocycles. The number of nitrogens with zero attached hydrogens (tertiary/aromatic N) is 4. The number of ether oxygens (including phenoxy) is 2. The summed E-state index contributed by atoms with van der Waals surface area (Å²) in [6.45, 7) is 7.97. The Morgan fingerprint density at radius 1 is 1.28 bits per heavy atom. The lowest BCUT2D eigenvalue weighted by Gasteiger charge is -2.48. The number of hydrogen-bond donors (Lipinski definition) is 0. The molecule has 2 fully saturated rings. The van der Waals surface area contributed by atoms with Gasteiger partial charge in [-0.05, 0) is 68.1 Å². The van der Waals surface area contributed by atoms with Crippen molar-refractivity contribution in [1.82, 2.24) is 14.9 Å². The van der Waals surface area contributed by atoms with Gasteiger partial charge in [-0.15, -0.1) is 0 Å². The molecule has 3 aliphatic heterocycles. The van der Waals surface area contributed by atoms with Gasteiger partial charge in [0.25, 0.3) is 0 Å². The van der Waals surface area contributed by atoms with E-state index in [0.717, 1.165) is 12.8 Å². The fourth-order valence-corrected chi connectivity index (χ4v) is 5.90. The number of rotatable bonds is 0. The van der Waals surface area contributed by atoms with Crippen LogP contribution in [0.15, 0.2) is 4.47 Å². The third-order valence-electron chi connectivity index (χ3n) is 6.25. The van der Waals surface area contributed by atoms with Crippen LogP contribution in [0.2, 0.25) is 10.3 Å². The number of halogens is 4. The normalized spacial score (nSPS) is 26.6. The van der Waals surface area contributed by atoms with Crippen molar-refractivity contribution in [1.29, 1.82) is 0 Å². The third kappa shape index (κ3) is 3.30. The number of amides is 1. The van der Waals surface area contributed by atoms with Gasteiger partial charge in [-0.25, -0.2) is 14.2 Å². The Balaban J connectivity index is 1.66. The van der Waals surface area contributed by atoms with E-state index >= 15 is 4.39 Å². The molecule has 1 aromatic heterocycles. The molecule has 0 radical (unpaired) electrons. The van der Waals surface area contributed by atoms with E-state index in [-0.39, 0.29) is 50.6 Å². The van der Waals surface area contributed by atoms with Gasteiger partial charge in [0.15, 0.2) is 11.6 Å². The lowest BCUT2D eigenvalue weighted by molar-refractivity contribution is 0.00116. The zero-order valence-electron chi connectivity index (χ0n) is 18.0. The van der Waals surface area contributed by atoms with Crippen LogP contribution in [0.4, 0.5) is 15.0 Å². The minimum absolute atomic E-state index is 0.0426. The first-order valence-electron chi connectivity index (χ1n) is 10.5. The van der Waals surface area contributed by atoms with Crippen molar-refractivity contribution in [2.45, 2.75) is 70.4 Å². The summed E-state index contributed by atoms with van der Waals surface area (Å²) in [5.41, 5.74) is -0.555. The molecule has 5 rings (SSSR count). The van der Waals surface area contributed by atoms with Crippen molar-refractivity contribution in [3.05, 3.63) is 20.6 Å². The highest BCUT2D eigenvalue weighted by molar-refractivity contribution is 9.10. The molecule has 2 saturated heterocycles. The first-order valence-corrected chi connectivity index (χ1v) is 12.0. The van der Waals surface area contributed by atoms with Crippen molar-refractivity contribution >= 4 is 61.9 Å². The Bertz CT molecular complexity index is 1140. The molecule has 2 bridgehead atoms. The second-order valence-corrected chi connectivity index (χ2v) is 11.0. The monoisotopic (exact) mass is 546 g/mol. The Morgan fingerprint density at radius 2 is 2.00 bits per heavy atom. The van der Waals surface area contributed by atoms with Crippen molar-refractivity contribution in [3.8, 4) is 5.75 Å². The van der Waals surface area contributed by atoms with Gasteiger partial charge in [0.2, 0.25) is 5.28 Å². The molecule has 0 spiro atoms. The summed E-state index contributed by atoms with van der Waals surface area (Å²) < 4.78 is 27.2. The first kappa shape index (κ1) is 22.2. The highest BCUT2D eigenvalue weighted by Crippen LogP contribution is 2.50. The van der Waals surface area contributed by atoms with Gasteiger partial charge in [-0.2, -0.15) is 4.98 Å². The molecule has 7 nitrogen and oxygen atoms in total. The average Bonchev–Trinajstić information content (AvgIpc) is 2.94. The van der Waals surface area contributed by atoms with E-state index in [1.807, 2.05) is 32.6 Å². The Kier molecular flexibility index (Phi) is 5.18. The predicted octanol–water partition coefficient (Wildman–Crippen LogP) is 5.58. The molecule has 0 unspecified atom stereocenters. The summed E-state index contributed by atoms with van der Waals surface area (Å²) >= 11 is 15.9. The van der Waals surface area contributed by atoms with Crippen LogP contribution in [0.1, 0.15) is 40.5 Å². The maximum Gasteiger partial charge on any atom is 0.410 e. The summed E-state index contributed by atoms with van der Waals surface area (Å²) in [6.07, 6.45) is 0.905. The van der Waals surface area contributed by atoms with Crippen molar-refractivity contribution in [2.24, 2.45) is 0 Å². The SMILES string of the molecule is C[C@@H]1Oc2c(Cl)c(Br)c(F)c3nc(Cl)nc(c23)N2C[C@H]3CC[C@@H]([C@@H]12)N3C(=O)OC(C)(C)C. The van der Waals surface area contributed by atoms with E-state index in [2.05, 4.69) is 30.8 Å². The summed E-state index contributed by atoms with van der Waals surface area (Å²) in [4.78, 5) is 25.6. The van der Waals surface area contributed by atoms with Crippen molar-refractivity contribution in [3.63, 3.8) is 0 Å². The quantitative estimate of drug-likeness (QED) is 0.317. The lowest BCUT2D eigenvalue weighted by Crippen LogP contribution is -2.65. The van der Waals surface area contributed by atoms with Gasteiger partial charge in [-0.3, -0.25) is 4.90 Å². The summed E-state index contributed by atoms with van der Waals surface area (Å²) in [5, 5.41) is 0.435. The Morgan fingerprint density at radius 3 is 2.69 bits per heavy atom. The lowest BCUT2D eigenvalue weighted by atomic mass is 9.98. The van der Waals surface area contributed by atoms with Crippen LogP contribution in [0.25, 0.3) is 10.9 Å². The second kappa shape index (κ2) is 7.46. The van der Waals surface area contributed by atoms with Crippen molar-refractivity contribution < 1.29 is 18.7 Å². The zero-order valence-corrected chi connectivity index (χ0v) is 21.1. The summed E-state index contributed by atoms with van der Waals surface area (Å²) in [6, 6.07) is -0.482. The Labute approximate surface area is 203 Å². The predicted molar refractivity (Wildman–Crippen MR) is 123 cm³/mol. The van der Waals surface area contributed by atoms with E-state index in [9.17, 15) is 4.79 Å². The van der Waals surface area contributed by atoms with Crippen LogP contribution < -0.4 is 9.64 Å².